The minimum absolute atomic E-state index is 0.0852. The Kier molecular flexibility index (Phi) is 4.94. The highest BCUT2D eigenvalue weighted by Crippen LogP contribution is 2.18. The van der Waals surface area contributed by atoms with Crippen LogP contribution in [0, 0.1) is 5.82 Å². The molecule has 3 rings (SSSR count). The maximum atomic E-state index is 12.9. The van der Waals surface area contributed by atoms with Gasteiger partial charge in [-0.15, -0.1) is 0 Å². The van der Waals surface area contributed by atoms with Crippen LogP contribution in [0.5, 0.6) is 0 Å². The Morgan fingerprint density at radius 1 is 0.958 bits per heavy atom. The van der Waals surface area contributed by atoms with Gasteiger partial charge in [0.15, 0.2) is 5.78 Å². The molecule has 4 heteroatoms. The third-order valence-electron chi connectivity index (χ3n) is 4.37. The summed E-state index contributed by atoms with van der Waals surface area (Å²) in [7, 11) is 0. The number of nitrogens with zero attached hydrogens (tertiary/aromatic N) is 2. The fourth-order valence-corrected chi connectivity index (χ4v) is 2.93. The first-order valence-corrected chi connectivity index (χ1v) is 8.16. The van der Waals surface area contributed by atoms with Gasteiger partial charge in [-0.1, -0.05) is 18.2 Å². The van der Waals surface area contributed by atoms with Crippen LogP contribution in [-0.2, 0) is 0 Å². The van der Waals surface area contributed by atoms with Crippen molar-refractivity contribution < 1.29 is 9.18 Å². The molecule has 0 amide bonds. The van der Waals surface area contributed by atoms with E-state index >= 15 is 0 Å². The Balaban J connectivity index is 1.61. The quantitative estimate of drug-likeness (QED) is 0.632. The van der Waals surface area contributed by atoms with Crippen molar-refractivity contribution in [3.05, 3.63) is 77.8 Å². The van der Waals surface area contributed by atoms with Crippen LogP contribution in [0.15, 0.2) is 66.4 Å². The molecule has 0 aliphatic carbocycles. The number of ketones is 1. The summed E-state index contributed by atoms with van der Waals surface area (Å²) in [5.41, 5.74) is 2.71. The summed E-state index contributed by atoms with van der Waals surface area (Å²) in [6, 6.07) is 16.0. The zero-order valence-electron chi connectivity index (χ0n) is 13.8. The van der Waals surface area contributed by atoms with E-state index in [1.165, 1.54) is 30.0 Å². The normalized spacial score (nSPS) is 15.5. The fraction of sp³-hybridized carbons (Fsp3) is 0.250. The van der Waals surface area contributed by atoms with Crippen molar-refractivity contribution in [2.24, 2.45) is 0 Å². The molecule has 3 nitrogen and oxygen atoms in total. The number of rotatable bonds is 4. The molecular formula is C20H21FN2O. The van der Waals surface area contributed by atoms with Gasteiger partial charge in [-0.2, -0.15) is 0 Å². The maximum Gasteiger partial charge on any atom is 0.187 e. The Morgan fingerprint density at radius 3 is 2.21 bits per heavy atom. The minimum Gasteiger partial charge on any atom is -0.371 e. The van der Waals surface area contributed by atoms with E-state index in [1.54, 1.807) is 6.08 Å². The lowest BCUT2D eigenvalue weighted by atomic mass is 10.1. The Morgan fingerprint density at radius 2 is 1.58 bits per heavy atom. The molecule has 0 atom stereocenters. The van der Waals surface area contributed by atoms with Crippen molar-refractivity contribution in [3.8, 4) is 0 Å². The topological polar surface area (TPSA) is 23.6 Å². The first kappa shape index (κ1) is 16.2. The summed E-state index contributed by atoms with van der Waals surface area (Å²) in [6.45, 7) is 5.58. The summed E-state index contributed by atoms with van der Waals surface area (Å²) in [5, 5.41) is 0. The molecule has 0 unspecified atom stereocenters. The number of hydrogen-bond acceptors (Lipinski definition) is 3. The predicted octanol–water partition coefficient (Wildman–Crippen LogP) is 3.73. The van der Waals surface area contributed by atoms with E-state index < -0.39 is 0 Å². The van der Waals surface area contributed by atoms with Crippen molar-refractivity contribution in [2.45, 2.75) is 6.92 Å². The standard InChI is InChI=1S/C20H21FN2O/c1-16(15-20(24)17-7-9-18(21)10-8-17)22-11-13-23(14-12-22)19-5-3-2-4-6-19/h2-10,15H,11-14H2,1H3/b16-15+. The SMILES string of the molecule is C/C(=C\C(=O)c1ccc(F)cc1)N1CCN(c2ccccc2)CC1. The number of allylic oxidation sites excluding steroid dienone is 2. The van der Waals surface area contributed by atoms with Crippen molar-refractivity contribution >= 4 is 11.5 Å². The summed E-state index contributed by atoms with van der Waals surface area (Å²) in [5.74, 6) is -0.415. The van der Waals surface area contributed by atoms with Crippen LogP contribution in [0.3, 0.4) is 0 Å². The van der Waals surface area contributed by atoms with Crippen LogP contribution in [0.25, 0.3) is 0 Å². The second kappa shape index (κ2) is 7.30. The van der Waals surface area contributed by atoms with E-state index in [2.05, 4.69) is 21.9 Å². The molecular weight excluding hydrogens is 303 g/mol. The van der Waals surface area contributed by atoms with Gasteiger partial charge in [0.2, 0.25) is 0 Å². The van der Waals surface area contributed by atoms with Gasteiger partial charge in [-0.3, -0.25) is 4.79 Å². The Labute approximate surface area is 142 Å². The molecule has 124 valence electrons. The van der Waals surface area contributed by atoms with Crippen LogP contribution >= 0.6 is 0 Å². The number of para-hydroxylation sites is 1. The molecule has 1 aliphatic rings. The second-order valence-electron chi connectivity index (χ2n) is 5.97. The highest BCUT2D eigenvalue weighted by molar-refractivity contribution is 6.04. The van der Waals surface area contributed by atoms with Crippen molar-refractivity contribution in [2.75, 3.05) is 31.1 Å². The van der Waals surface area contributed by atoms with Gasteiger partial charge in [0.25, 0.3) is 0 Å². The fourth-order valence-electron chi connectivity index (χ4n) is 2.93. The molecule has 2 aromatic rings. The second-order valence-corrected chi connectivity index (χ2v) is 5.97. The lowest BCUT2D eigenvalue weighted by molar-refractivity contribution is 0.104. The van der Waals surface area contributed by atoms with Gasteiger partial charge >= 0.3 is 0 Å². The number of anilines is 1. The molecule has 0 radical (unpaired) electrons. The molecule has 0 spiro atoms. The largest absolute Gasteiger partial charge is 0.371 e. The first-order valence-electron chi connectivity index (χ1n) is 8.16. The van der Waals surface area contributed by atoms with Gasteiger partial charge in [0, 0.05) is 49.2 Å². The third kappa shape index (κ3) is 3.82. The maximum absolute atomic E-state index is 12.9. The van der Waals surface area contributed by atoms with Crippen LogP contribution in [0.2, 0.25) is 0 Å². The highest BCUT2D eigenvalue weighted by Gasteiger charge is 2.17. The van der Waals surface area contributed by atoms with E-state index in [0.29, 0.717) is 5.56 Å². The van der Waals surface area contributed by atoms with E-state index in [-0.39, 0.29) is 11.6 Å². The zero-order valence-corrected chi connectivity index (χ0v) is 13.8. The van der Waals surface area contributed by atoms with Crippen LogP contribution in [-0.4, -0.2) is 36.9 Å². The van der Waals surface area contributed by atoms with Crippen molar-refractivity contribution in [1.82, 2.24) is 4.90 Å². The summed E-state index contributed by atoms with van der Waals surface area (Å²) < 4.78 is 12.9. The van der Waals surface area contributed by atoms with Gasteiger partial charge in [-0.25, -0.2) is 4.39 Å². The number of carbonyl (C=O) groups excluding carboxylic acids is 1. The van der Waals surface area contributed by atoms with Crippen LogP contribution in [0.1, 0.15) is 17.3 Å². The lowest BCUT2D eigenvalue weighted by Gasteiger charge is -2.37. The summed E-state index contributed by atoms with van der Waals surface area (Å²) in [6.07, 6.45) is 1.64. The Bertz CT molecular complexity index is 717. The van der Waals surface area contributed by atoms with Gasteiger partial charge in [-0.05, 0) is 43.3 Å². The number of piperazine rings is 1. The molecule has 2 aromatic carbocycles. The molecule has 0 bridgehead atoms. The van der Waals surface area contributed by atoms with Crippen molar-refractivity contribution in [1.29, 1.82) is 0 Å². The van der Waals surface area contributed by atoms with Gasteiger partial charge in [0.1, 0.15) is 5.82 Å². The van der Waals surface area contributed by atoms with Crippen LogP contribution in [0.4, 0.5) is 10.1 Å². The highest BCUT2D eigenvalue weighted by atomic mass is 19.1. The predicted molar refractivity (Wildman–Crippen MR) is 94.7 cm³/mol. The summed E-state index contributed by atoms with van der Waals surface area (Å²) in [4.78, 5) is 16.8. The molecule has 1 aliphatic heterocycles. The molecule has 0 saturated carbocycles. The van der Waals surface area contributed by atoms with Gasteiger partial charge in [0.05, 0.1) is 0 Å². The number of carbonyl (C=O) groups is 1. The first-order chi connectivity index (χ1) is 11.6. The molecule has 0 N–H and O–H groups in total. The molecule has 1 saturated heterocycles. The molecule has 24 heavy (non-hydrogen) atoms. The monoisotopic (exact) mass is 324 g/mol. The molecule has 0 aromatic heterocycles. The minimum atomic E-state index is -0.329. The van der Waals surface area contributed by atoms with Crippen molar-refractivity contribution in [3.63, 3.8) is 0 Å². The van der Waals surface area contributed by atoms with Gasteiger partial charge < -0.3 is 9.80 Å². The lowest BCUT2D eigenvalue weighted by Crippen LogP contribution is -2.45. The zero-order chi connectivity index (χ0) is 16.9. The van der Waals surface area contributed by atoms with E-state index in [0.717, 1.165) is 31.9 Å². The number of hydrogen-bond donors (Lipinski definition) is 0. The average Bonchev–Trinajstić information content (AvgIpc) is 2.63. The number of benzene rings is 2. The molecule has 1 heterocycles. The van der Waals surface area contributed by atoms with Crippen LogP contribution < -0.4 is 4.90 Å². The number of halogens is 1. The van der Waals surface area contributed by atoms with E-state index in [4.69, 9.17) is 0 Å². The summed E-state index contributed by atoms with van der Waals surface area (Å²) >= 11 is 0. The smallest absolute Gasteiger partial charge is 0.187 e. The Hall–Kier alpha value is -2.62. The third-order valence-corrected chi connectivity index (χ3v) is 4.37. The molecule has 1 fully saturated rings. The average molecular weight is 324 g/mol. The van der Waals surface area contributed by atoms with E-state index in [9.17, 15) is 9.18 Å². The van der Waals surface area contributed by atoms with E-state index in [1.807, 2.05) is 25.1 Å².